The van der Waals surface area contributed by atoms with E-state index in [1.165, 1.54) is 32.1 Å². The van der Waals surface area contributed by atoms with Gasteiger partial charge in [0.05, 0.1) is 5.92 Å². The summed E-state index contributed by atoms with van der Waals surface area (Å²) < 4.78 is 5.88. The fourth-order valence-electron chi connectivity index (χ4n) is 6.20. The summed E-state index contributed by atoms with van der Waals surface area (Å²) in [6.45, 7) is 20.0. The molecule has 24 heavy (non-hydrogen) atoms. The summed E-state index contributed by atoms with van der Waals surface area (Å²) in [5.74, 6) is 2.11. The van der Waals surface area contributed by atoms with Crippen LogP contribution in [0, 0.1) is 36.8 Å². The zero-order valence-corrected chi connectivity index (χ0v) is 15.6. The first-order chi connectivity index (χ1) is 11.5. The Balaban J connectivity index is 1.97. The van der Waals surface area contributed by atoms with Crippen molar-refractivity contribution in [3.8, 4) is 0 Å². The minimum Gasteiger partial charge on any atom is -0.370 e. The van der Waals surface area contributed by atoms with E-state index in [0.29, 0.717) is 17.8 Å². The van der Waals surface area contributed by atoms with E-state index in [0.717, 1.165) is 31.6 Å². The Hall–Kier alpha value is -1.06. The second kappa shape index (κ2) is 6.68. The van der Waals surface area contributed by atoms with Crippen LogP contribution in [0.5, 0.6) is 0 Å². The maximum atomic E-state index is 7.94. The summed E-state index contributed by atoms with van der Waals surface area (Å²) in [4.78, 5) is 8.21. The van der Waals surface area contributed by atoms with Crippen molar-refractivity contribution in [3.63, 3.8) is 0 Å². The SMILES string of the molecule is [C-]#[N+][C@H]1[C@@H]2[C@@H](CC[C@]1(C)OC)[C@@](C)([N+]#[C-])CC[C@H]2C1CCCCC1. The maximum Gasteiger partial charge on any atom is 0.255 e. The summed E-state index contributed by atoms with van der Waals surface area (Å²) in [6, 6.07) is -0.0884. The zero-order valence-electron chi connectivity index (χ0n) is 15.6. The lowest BCUT2D eigenvalue weighted by molar-refractivity contribution is -0.103. The smallest absolute Gasteiger partial charge is 0.255 e. The largest absolute Gasteiger partial charge is 0.370 e. The molecule has 3 aliphatic rings. The molecule has 3 heteroatoms. The average Bonchev–Trinajstić information content (AvgIpc) is 2.62. The summed E-state index contributed by atoms with van der Waals surface area (Å²) in [5, 5.41) is 0. The number of ether oxygens (including phenoxy) is 1. The van der Waals surface area contributed by atoms with Gasteiger partial charge in [-0.05, 0) is 38.0 Å². The highest BCUT2D eigenvalue weighted by Crippen LogP contribution is 2.57. The molecule has 3 aliphatic carbocycles. The van der Waals surface area contributed by atoms with Crippen molar-refractivity contribution >= 4 is 0 Å². The molecule has 0 spiro atoms. The average molecular weight is 329 g/mol. The van der Waals surface area contributed by atoms with E-state index in [1.807, 2.05) is 0 Å². The van der Waals surface area contributed by atoms with Gasteiger partial charge in [-0.25, -0.2) is 13.1 Å². The fraction of sp³-hybridized carbons (Fsp3) is 0.905. The van der Waals surface area contributed by atoms with Crippen LogP contribution in [0.3, 0.4) is 0 Å². The molecule has 0 bridgehead atoms. The molecule has 0 aliphatic heterocycles. The highest BCUT2D eigenvalue weighted by molar-refractivity contribution is 5.17. The monoisotopic (exact) mass is 328 g/mol. The molecule has 0 unspecified atom stereocenters. The van der Waals surface area contributed by atoms with E-state index >= 15 is 0 Å². The van der Waals surface area contributed by atoms with Crippen LogP contribution in [0.4, 0.5) is 0 Å². The third-order valence-electron chi connectivity index (χ3n) is 7.80. The van der Waals surface area contributed by atoms with E-state index in [-0.39, 0.29) is 17.2 Å². The van der Waals surface area contributed by atoms with Gasteiger partial charge in [0.25, 0.3) is 6.04 Å². The Morgan fingerprint density at radius 1 is 0.958 bits per heavy atom. The summed E-state index contributed by atoms with van der Waals surface area (Å²) >= 11 is 0. The van der Waals surface area contributed by atoms with Crippen molar-refractivity contribution in [2.45, 2.75) is 88.8 Å². The second-order valence-corrected chi connectivity index (χ2v) is 8.88. The normalized spacial score (nSPS) is 46.5. The van der Waals surface area contributed by atoms with E-state index in [4.69, 9.17) is 17.9 Å². The van der Waals surface area contributed by atoms with Crippen molar-refractivity contribution in [2.24, 2.45) is 23.7 Å². The number of hydrogen-bond donors (Lipinski definition) is 0. The Kier molecular flexibility index (Phi) is 4.94. The molecule has 3 nitrogen and oxygen atoms in total. The lowest BCUT2D eigenvalue weighted by atomic mass is 9.51. The van der Waals surface area contributed by atoms with E-state index < -0.39 is 0 Å². The Labute approximate surface area is 147 Å². The molecular weight excluding hydrogens is 296 g/mol. The second-order valence-electron chi connectivity index (χ2n) is 8.88. The van der Waals surface area contributed by atoms with Crippen molar-refractivity contribution < 1.29 is 4.74 Å². The van der Waals surface area contributed by atoms with Crippen LogP contribution in [0.15, 0.2) is 0 Å². The van der Waals surface area contributed by atoms with Crippen molar-refractivity contribution in [3.05, 3.63) is 22.8 Å². The molecule has 0 amide bonds. The van der Waals surface area contributed by atoms with E-state index in [9.17, 15) is 0 Å². The minimum atomic E-state index is -0.337. The van der Waals surface area contributed by atoms with Gasteiger partial charge >= 0.3 is 0 Å². The first kappa shape index (κ1) is 17.8. The highest BCUT2D eigenvalue weighted by atomic mass is 16.5. The lowest BCUT2D eigenvalue weighted by Gasteiger charge is -2.52. The number of rotatable bonds is 2. The molecule has 3 fully saturated rings. The summed E-state index contributed by atoms with van der Waals surface area (Å²) in [6.07, 6.45) is 10.9. The summed E-state index contributed by atoms with van der Waals surface area (Å²) in [7, 11) is 1.77. The van der Waals surface area contributed by atoms with Gasteiger partial charge in [-0.3, -0.25) is 0 Å². The van der Waals surface area contributed by atoms with Crippen LogP contribution < -0.4 is 0 Å². The van der Waals surface area contributed by atoms with Crippen LogP contribution >= 0.6 is 0 Å². The molecule has 0 aromatic carbocycles. The zero-order chi connectivity index (χ0) is 17.4. The number of fused-ring (bicyclic) bond motifs is 1. The van der Waals surface area contributed by atoms with Crippen molar-refractivity contribution in [1.82, 2.24) is 0 Å². The Morgan fingerprint density at radius 2 is 1.67 bits per heavy atom. The maximum absolute atomic E-state index is 7.94. The van der Waals surface area contributed by atoms with Gasteiger partial charge in [-0.15, -0.1) is 0 Å². The molecule has 0 aromatic heterocycles. The number of nitrogens with zero attached hydrogens (tertiary/aromatic N) is 2. The molecule has 0 saturated heterocycles. The highest BCUT2D eigenvalue weighted by Gasteiger charge is 2.63. The van der Waals surface area contributed by atoms with Crippen LogP contribution in [-0.4, -0.2) is 24.3 Å². The van der Waals surface area contributed by atoms with Crippen LogP contribution in [0.25, 0.3) is 9.69 Å². The summed E-state index contributed by atoms with van der Waals surface area (Å²) in [5.41, 5.74) is -0.607. The Bertz CT molecular complexity index is 541. The standard InChI is InChI=1S/C21H32N2O/c1-20(23-4)13-11-16(15-9-7-6-8-10-15)18-17(20)12-14-21(2,24-5)19(18)22-3/h15-19H,6-14H2,1-2,5H3/t16-,17+,18-,19-,20-,21-/m0/s1. The molecule has 0 aromatic rings. The number of hydrogen-bond acceptors (Lipinski definition) is 1. The van der Waals surface area contributed by atoms with E-state index in [1.54, 1.807) is 7.11 Å². The predicted molar refractivity (Wildman–Crippen MR) is 96.3 cm³/mol. The van der Waals surface area contributed by atoms with Gasteiger partial charge in [-0.2, -0.15) is 0 Å². The lowest BCUT2D eigenvalue weighted by Crippen LogP contribution is -2.59. The predicted octanol–water partition coefficient (Wildman–Crippen LogP) is 5.37. The van der Waals surface area contributed by atoms with Gasteiger partial charge in [-0.1, -0.05) is 32.1 Å². The van der Waals surface area contributed by atoms with Gasteiger partial charge in [0.2, 0.25) is 5.54 Å². The first-order valence-electron chi connectivity index (χ1n) is 9.79. The Morgan fingerprint density at radius 3 is 2.25 bits per heavy atom. The molecule has 0 heterocycles. The molecule has 3 rings (SSSR count). The molecule has 6 atom stereocenters. The van der Waals surface area contributed by atoms with Gasteiger partial charge in [0, 0.05) is 26.4 Å². The van der Waals surface area contributed by atoms with Crippen LogP contribution in [0.2, 0.25) is 0 Å². The van der Waals surface area contributed by atoms with Gasteiger partial charge < -0.3 is 14.4 Å². The first-order valence-corrected chi connectivity index (χ1v) is 9.79. The number of methoxy groups -OCH3 is 1. The quantitative estimate of drug-likeness (QED) is 0.623. The van der Waals surface area contributed by atoms with Gasteiger partial charge in [0.1, 0.15) is 5.60 Å². The third kappa shape index (κ3) is 2.76. The topological polar surface area (TPSA) is 17.9 Å². The molecule has 0 N–H and O–H groups in total. The molecular formula is C21H32N2O. The van der Waals surface area contributed by atoms with Crippen LogP contribution in [0.1, 0.15) is 71.6 Å². The fourth-order valence-corrected chi connectivity index (χ4v) is 6.20. The molecule has 3 saturated carbocycles. The van der Waals surface area contributed by atoms with Crippen molar-refractivity contribution in [1.29, 1.82) is 0 Å². The minimum absolute atomic E-state index is 0.0884. The van der Waals surface area contributed by atoms with Gasteiger partial charge in [0.15, 0.2) is 0 Å². The third-order valence-corrected chi connectivity index (χ3v) is 7.80. The van der Waals surface area contributed by atoms with Crippen LogP contribution in [-0.2, 0) is 4.74 Å². The van der Waals surface area contributed by atoms with Crippen molar-refractivity contribution in [2.75, 3.05) is 7.11 Å². The van der Waals surface area contributed by atoms with E-state index in [2.05, 4.69) is 23.5 Å². The molecule has 0 radical (unpaired) electrons. The molecule has 132 valence electrons.